The fourth-order valence-corrected chi connectivity index (χ4v) is 5.54. The molecular formula is C39H25N5. The highest BCUT2D eigenvalue weighted by Gasteiger charge is 2.16. The Morgan fingerprint density at radius 1 is 0.295 bits per heavy atom. The molecule has 5 nitrogen and oxygen atoms in total. The van der Waals surface area contributed by atoms with Gasteiger partial charge in [-0.2, -0.15) is 0 Å². The standard InChI is InChI=1S/C39H25N5/c1-3-11-28-21-30(17-15-26(28)9-1)37-42-38(31-18-16-27-10-2-4-12-29(27)22-31)44-39(43-37)34-24-32(35-13-5-7-19-40-35)23-33(25-34)36-14-6-8-20-41-36/h1-25H. The van der Waals surface area contributed by atoms with E-state index >= 15 is 0 Å². The Bertz CT molecular complexity index is 2130. The summed E-state index contributed by atoms with van der Waals surface area (Å²) in [6.45, 7) is 0. The second-order valence-corrected chi connectivity index (χ2v) is 10.7. The Labute approximate surface area is 254 Å². The van der Waals surface area contributed by atoms with E-state index in [4.69, 9.17) is 15.0 Å². The van der Waals surface area contributed by atoms with Crippen LogP contribution in [0.2, 0.25) is 0 Å². The smallest absolute Gasteiger partial charge is 0.164 e. The minimum atomic E-state index is 0.585. The van der Waals surface area contributed by atoms with Crippen molar-refractivity contribution < 1.29 is 0 Å². The van der Waals surface area contributed by atoms with Crippen molar-refractivity contribution in [2.24, 2.45) is 0 Å². The lowest BCUT2D eigenvalue weighted by molar-refractivity contribution is 1.07. The number of nitrogens with zero attached hydrogens (tertiary/aromatic N) is 5. The van der Waals surface area contributed by atoms with Crippen molar-refractivity contribution >= 4 is 21.5 Å². The quantitative estimate of drug-likeness (QED) is 0.209. The molecule has 0 saturated heterocycles. The summed E-state index contributed by atoms with van der Waals surface area (Å²) >= 11 is 0. The lowest BCUT2D eigenvalue weighted by Crippen LogP contribution is -2.01. The number of benzene rings is 5. The van der Waals surface area contributed by atoms with Crippen molar-refractivity contribution in [1.82, 2.24) is 24.9 Å². The maximum absolute atomic E-state index is 5.08. The second kappa shape index (κ2) is 11.0. The molecule has 0 radical (unpaired) electrons. The zero-order valence-electron chi connectivity index (χ0n) is 23.7. The van der Waals surface area contributed by atoms with Crippen molar-refractivity contribution in [1.29, 1.82) is 0 Å². The lowest BCUT2D eigenvalue weighted by atomic mass is 10.00. The molecular weight excluding hydrogens is 538 g/mol. The second-order valence-electron chi connectivity index (χ2n) is 10.7. The number of pyridine rings is 2. The van der Waals surface area contributed by atoms with Crippen molar-refractivity contribution in [3.05, 3.63) is 152 Å². The number of hydrogen-bond acceptors (Lipinski definition) is 5. The first kappa shape index (κ1) is 25.6. The molecule has 44 heavy (non-hydrogen) atoms. The Kier molecular flexibility index (Phi) is 6.39. The summed E-state index contributed by atoms with van der Waals surface area (Å²) in [5.41, 5.74) is 6.38. The Morgan fingerprint density at radius 3 is 1.16 bits per heavy atom. The highest BCUT2D eigenvalue weighted by atomic mass is 15.0. The molecule has 0 bridgehead atoms. The summed E-state index contributed by atoms with van der Waals surface area (Å²) in [4.78, 5) is 24.4. The van der Waals surface area contributed by atoms with Crippen LogP contribution in [0.1, 0.15) is 0 Å². The molecule has 0 atom stereocenters. The van der Waals surface area contributed by atoms with Crippen LogP contribution in [-0.4, -0.2) is 24.9 Å². The molecule has 0 aliphatic heterocycles. The fraction of sp³-hybridized carbons (Fsp3) is 0. The van der Waals surface area contributed by atoms with Crippen LogP contribution in [0.15, 0.2) is 152 Å². The third-order valence-corrected chi connectivity index (χ3v) is 7.76. The SMILES string of the molecule is c1ccc(-c2cc(-c3ccccn3)cc(-c3nc(-c4ccc5ccccc5c4)nc(-c4ccc5ccccc5c4)n3)c2)nc1. The molecule has 0 unspecified atom stereocenters. The zero-order valence-corrected chi connectivity index (χ0v) is 23.7. The van der Waals surface area contributed by atoms with Gasteiger partial charge in [0.05, 0.1) is 11.4 Å². The predicted molar refractivity (Wildman–Crippen MR) is 178 cm³/mol. The van der Waals surface area contributed by atoms with Gasteiger partial charge in [0, 0.05) is 40.2 Å². The molecule has 3 heterocycles. The van der Waals surface area contributed by atoms with E-state index in [1.54, 1.807) is 12.4 Å². The summed E-state index contributed by atoms with van der Waals surface area (Å²) in [5, 5.41) is 4.61. The van der Waals surface area contributed by atoms with E-state index < -0.39 is 0 Å². The molecule has 8 rings (SSSR count). The van der Waals surface area contributed by atoms with E-state index in [1.165, 1.54) is 10.8 Å². The molecule has 206 valence electrons. The third kappa shape index (κ3) is 4.97. The number of rotatable bonds is 5. The molecule has 0 amide bonds. The van der Waals surface area contributed by atoms with E-state index in [0.717, 1.165) is 50.0 Å². The average Bonchev–Trinajstić information content (AvgIpc) is 3.11. The van der Waals surface area contributed by atoms with Crippen molar-refractivity contribution in [3.8, 4) is 56.7 Å². The molecule has 0 fully saturated rings. The summed E-state index contributed by atoms with van der Waals surface area (Å²) in [5.74, 6) is 1.82. The largest absolute Gasteiger partial charge is 0.256 e. The number of aromatic nitrogens is 5. The lowest BCUT2D eigenvalue weighted by Gasteiger charge is -2.12. The van der Waals surface area contributed by atoms with Gasteiger partial charge in [0.2, 0.25) is 0 Å². The number of fused-ring (bicyclic) bond motifs is 2. The van der Waals surface area contributed by atoms with E-state index in [1.807, 2.05) is 48.5 Å². The third-order valence-electron chi connectivity index (χ3n) is 7.76. The van der Waals surface area contributed by atoms with Crippen LogP contribution < -0.4 is 0 Å². The molecule has 5 heteroatoms. The van der Waals surface area contributed by atoms with E-state index in [-0.39, 0.29) is 0 Å². The highest BCUT2D eigenvalue weighted by Crippen LogP contribution is 2.33. The van der Waals surface area contributed by atoms with Gasteiger partial charge in [0.25, 0.3) is 0 Å². The van der Waals surface area contributed by atoms with Gasteiger partial charge >= 0.3 is 0 Å². The first-order chi connectivity index (χ1) is 21.8. The number of hydrogen-bond donors (Lipinski definition) is 0. The molecule has 5 aromatic carbocycles. The van der Waals surface area contributed by atoms with Gasteiger partial charge in [0.15, 0.2) is 17.5 Å². The predicted octanol–water partition coefficient (Wildman–Crippen LogP) is 9.30. The molecule has 0 aliphatic carbocycles. The summed E-state index contributed by atoms with van der Waals surface area (Å²) < 4.78 is 0. The van der Waals surface area contributed by atoms with Crippen LogP contribution in [0, 0.1) is 0 Å². The Hall–Kier alpha value is -6.07. The van der Waals surface area contributed by atoms with Crippen molar-refractivity contribution in [3.63, 3.8) is 0 Å². The van der Waals surface area contributed by atoms with Gasteiger partial charge in [-0.1, -0.05) is 84.9 Å². The first-order valence-corrected chi connectivity index (χ1v) is 14.5. The molecule has 3 aromatic heterocycles. The van der Waals surface area contributed by atoms with Crippen LogP contribution >= 0.6 is 0 Å². The zero-order chi connectivity index (χ0) is 29.3. The van der Waals surface area contributed by atoms with Gasteiger partial charge in [-0.25, -0.2) is 15.0 Å². The van der Waals surface area contributed by atoms with Crippen LogP contribution in [-0.2, 0) is 0 Å². The molecule has 0 N–H and O–H groups in total. The van der Waals surface area contributed by atoms with E-state index in [0.29, 0.717) is 17.5 Å². The van der Waals surface area contributed by atoms with Gasteiger partial charge in [-0.05, 0) is 76.1 Å². The molecule has 0 saturated carbocycles. The fourth-order valence-electron chi connectivity index (χ4n) is 5.54. The van der Waals surface area contributed by atoms with Crippen molar-refractivity contribution in [2.45, 2.75) is 0 Å². The molecule has 0 aliphatic rings. The summed E-state index contributed by atoms with van der Waals surface area (Å²) in [7, 11) is 0. The highest BCUT2D eigenvalue weighted by molar-refractivity contribution is 5.88. The van der Waals surface area contributed by atoms with Gasteiger partial charge in [-0.15, -0.1) is 0 Å². The Balaban J connectivity index is 1.36. The maximum Gasteiger partial charge on any atom is 0.164 e. The monoisotopic (exact) mass is 563 g/mol. The first-order valence-electron chi connectivity index (χ1n) is 14.5. The van der Waals surface area contributed by atoms with Gasteiger partial charge in [0.1, 0.15) is 0 Å². The van der Waals surface area contributed by atoms with Crippen LogP contribution in [0.25, 0.3) is 78.2 Å². The molecule has 8 aromatic rings. The van der Waals surface area contributed by atoms with Crippen molar-refractivity contribution in [2.75, 3.05) is 0 Å². The topological polar surface area (TPSA) is 64.5 Å². The van der Waals surface area contributed by atoms with Crippen LogP contribution in [0.3, 0.4) is 0 Å². The minimum absolute atomic E-state index is 0.585. The average molecular weight is 564 g/mol. The minimum Gasteiger partial charge on any atom is -0.256 e. The van der Waals surface area contributed by atoms with Crippen LogP contribution in [0.4, 0.5) is 0 Å². The molecule has 0 spiro atoms. The summed E-state index contributed by atoms with van der Waals surface area (Å²) in [6, 6.07) is 47.5. The normalized spacial score (nSPS) is 11.2. The Morgan fingerprint density at radius 2 is 0.705 bits per heavy atom. The van der Waals surface area contributed by atoms with E-state index in [2.05, 4.69) is 101 Å². The van der Waals surface area contributed by atoms with E-state index in [9.17, 15) is 0 Å². The van der Waals surface area contributed by atoms with Gasteiger partial charge in [-0.3, -0.25) is 9.97 Å². The van der Waals surface area contributed by atoms with Crippen LogP contribution in [0.5, 0.6) is 0 Å². The summed E-state index contributed by atoms with van der Waals surface area (Å²) in [6.07, 6.45) is 3.61. The van der Waals surface area contributed by atoms with Gasteiger partial charge < -0.3 is 0 Å². The maximum atomic E-state index is 5.08.